The van der Waals surface area contributed by atoms with Gasteiger partial charge in [-0.25, -0.2) is 13.1 Å². The zero-order valence-electron chi connectivity index (χ0n) is 11.4. The molecule has 0 aromatic heterocycles. The smallest absolute Gasteiger partial charge is 0.241 e. The quantitative estimate of drug-likeness (QED) is 0.797. The third kappa shape index (κ3) is 4.21. The van der Waals surface area contributed by atoms with Gasteiger partial charge in [-0.15, -0.1) is 0 Å². The molecule has 0 saturated carbocycles. The Bertz CT molecular complexity index is 557. The summed E-state index contributed by atoms with van der Waals surface area (Å²) >= 11 is 5.16. The molecule has 0 aliphatic carbocycles. The summed E-state index contributed by atoms with van der Waals surface area (Å²) in [6.07, 6.45) is 0.903. The molecule has 112 valence electrons. The van der Waals surface area contributed by atoms with E-state index in [0.29, 0.717) is 9.37 Å². The number of thioether (sulfide) groups is 1. The Morgan fingerprint density at radius 1 is 1.45 bits per heavy atom. The molecule has 1 unspecified atom stereocenters. The molecule has 1 aromatic carbocycles. The fourth-order valence-corrected chi connectivity index (χ4v) is 5.71. The van der Waals surface area contributed by atoms with Crippen molar-refractivity contribution < 1.29 is 8.42 Å². The molecule has 0 amide bonds. The van der Waals surface area contributed by atoms with E-state index in [2.05, 4.69) is 26.0 Å². The van der Waals surface area contributed by atoms with Crippen LogP contribution < -0.4 is 10.0 Å². The topological polar surface area (TPSA) is 58.2 Å². The van der Waals surface area contributed by atoms with Gasteiger partial charge in [-0.2, -0.15) is 11.8 Å². The van der Waals surface area contributed by atoms with Crippen LogP contribution in [0, 0.1) is 0 Å². The van der Waals surface area contributed by atoms with Gasteiger partial charge in [0.25, 0.3) is 0 Å². The summed E-state index contributed by atoms with van der Waals surface area (Å²) in [7, 11) is -3.44. The van der Waals surface area contributed by atoms with Crippen molar-refractivity contribution in [2.75, 3.05) is 18.1 Å². The Morgan fingerprint density at radius 3 is 2.85 bits per heavy atom. The SMILES string of the molecule is CCNCc1ccc(S(=O)(=O)NC2CCSC2)c(Br)c1. The van der Waals surface area contributed by atoms with Crippen LogP contribution in [0.1, 0.15) is 18.9 Å². The Labute approximate surface area is 133 Å². The Hall–Kier alpha value is -0.0800. The van der Waals surface area contributed by atoms with Gasteiger partial charge >= 0.3 is 0 Å². The highest BCUT2D eigenvalue weighted by Gasteiger charge is 2.24. The molecule has 1 aliphatic rings. The lowest BCUT2D eigenvalue weighted by Crippen LogP contribution is -2.34. The van der Waals surface area contributed by atoms with Crippen molar-refractivity contribution in [3.8, 4) is 0 Å². The maximum atomic E-state index is 12.4. The van der Waals surface area contributed by atoms with E-state index in [-0.39, 0.29) is 6.04 Å². The van der Waals surface area contributed by atoms with Gasteiger partial charge in [0.05, 0.1) is 4.90 Å². The first-order valence-electron chi connectivity index (χ1n) is 6.62. The van der Waals surface area contributed by atoms with E-state index in [1.54, 1.807) is 17.8 Å². The minimum absolute atomic E-state index is 0.0540. The largest absolute Gasteiger partial charge is 0.313 e. The molecule has 2 N–H and O–H groups in total. The number of hydrogen-bond donors (Lipinski definition) is 2. The summed E-state index contributed by atoms with van der Waals surface area (Å²) in [5, 5.41) is 3.22. The zero-order valence-corrected chi connectivity index (χ0v) is 14.6. The van der Waals surface area contributed by atoms with Crippen LogP contribution in [-0.2, 0) is 16.6 Å². The van der Waals surface area contributed by atoms with Gasteiger partial charge in [-0.1, -0.05) is 13.0 Å². The lowest BCUT2D eigenvalue weighted by molar-refractivity contribution is 0.562. The molecule has 1 aromatic rings. The van der Waals surface area contributed by atoms with Gasteiger partial charge in [-0.05, 0) is 52.3 Å². The molecule has 7 heteroatoms. The van der Waals surface area contributed by atoms with E-state index in [1.807, 2.05) is 19.1 Å². The first-order chi connectivity index (χ1) is 9.53. The molecule has 1 saturated heterocycles. The molecule has 1 fully saturated rings. The minimum Gasteiger partial charge on any atom is -0.313 e. The Morgan fingerprint density at radius 2 is 2.25 bits per heavy atom. The monoisotopic (exact) mass is 378 g/mol. The van der Waals surface area contributed by atoms with E-state index in [1.165, 1.54) is 0 Å². The lowest BCUT2D eigenvalue weighted by Gasteiger charge is -2.14. The van der Waals surface area contributed by atoms with Crippen molar-refractivity contribution >= 4 is 37.7 Å². The Kier molecular flexibility index (Phi) is 5.92. The maximum Gasteiger partial charge on any atom is 0.241 e. The molecular weight excluding hydrogens is 360 g/mol. The van der Waals surface area contributed by atoms with E-state index in [4.69, 9.17) is 0 Å². The molecule has 4 nitrogen and oxygen atoms in total. The van der Waals surface area contributed by atoms with Gasteiger partial charge in [0.15, 0.2) is 0 Å². The third-order valence-electron chi connectivity index (χ3n) is 3.12. The van der Waals surface area contributed by atoms with Crippen LogP contribution in [-0.4, -0.2) is 32.5 Å². The van der Waals surface area contributed by atoms with Crippen molar-refractivity contribution in [2.45, 2.75) is 30.8 Å². The second kappa shape index (κ2) is 7.26. The van der Waals surface area contributed by atoms with Crippen molar-refractivity contribution in [2.24, 2.45) is 0 Å². The van der Waals surface area contributed by atoms with E-state index in [9.17, 15) is 8.42 Å². The fraction of sp³-hybridized carbons (Fsp3) is 0.538. The number of sulfonamides is 1. The van der Waals surface area contributed by atoms with Crippen LogP contribution >= 0.6 is 27.7 Å². The molecule has 1 aliphatic heterocycles. The summed E-state index contributed by atoms with van der Waals surface area (Å²) in [5.74, 6) is 1.88. The van der Waals surface area contributed by atoms with E-state index in [0.717, 1.165) is 36.6 Å². The normalized spacial score (nSPS) is 19.4. The van der Waals surface area contributed by atoms with Crippen molar-refractivity contribution in [3.05, 3.63) is 28.2 Å². The molecule has 0 spiro atoms. The number of hydrogen-bond acceptors (Lipinski definition) is 4. The van der Waals surface area contributed by atoms with E-state index < -0.39 is 10.0 Å². The van der Waals surface area contributed by atoms with Crippen molar-refractivity contribution in [1.82, 2.24) is 10.0 Å². The molecule has 1 atom stereocenters. The summed E-state index contributed by atoms with van der Waals surface area (Å²) in [6, 6.07) is 5.44. The van der Waals surface area contributed by atoms with Gasteiger partial charge in [0.2, 0.25) is 10.0 Å². The lowest BCUT2D eigenvalue weighted by atomic mass is 10.2. The van der Waals surface area contributed by atoms with Gasteiger partial charge in [0, 0.05) is 22.8 Å². The first-order valence-corrected chi connectivity index (χ1v) is 10.0. The second-order valence-electron chi connectivity index (χ2n) is 4.73. The minimum atomic E-state index is -3.44. The molecule has 1 heterocycles. The average Bonchev–Trinajstić information content (AvgIpc) is 2.88. The van der Waals surface area contributed by atoms with Crippen LogP contribution in [0.15, 0.2) is 27.6 Å². The average molecular weight is 379 g/mol. The summed E-state index contributed by atoms with van der Waals surface area (Å²) in [6.45, 7) is 3.66. The molecule has 0 radical (unpaired) electrons. The predicted molar refractivity (Wildman–Crippen MR) is 87.6 cm³/mol. The highest BCUT2D eigenvalue weighted by atomic mass is 79.9. The van der Waals surface area contributed by atoms with Crippen LogP contribution in [0.5, 0.6) is 0 Å². The van der Waals surface area contributed by atoms with E-state index >= 15 is 0 Å². The fourth-order valence-electron chi connectivity index (χ4n) is 2.05. The molecule has 2 rings (SSSR count). The number of rotatable bonds is 6. The van der Waals surface area contributed by atoms with Crippen molar-refractivity contribution in [1.29, 1.82) is 0 Å². The van der Waals surface area contributed by atoms with Crippen LogP contribution in [0.2, 0.25) is 0 Å². The summed E-state index contributed by atoms with van der Waals surface area (Å²) < 4.78 is 28.1. The second-order valence-corrected chi connectivity index (χ2v) is 8.41. The molecule has 0 bridgehead atoms. The number of nitrogens with one attached hydrogen (secondary N) is 2. The summed E-state index contributed by atoms with van der Waals surface area (Å²) in [5.41, 5.74) is 1.06. The standard InChI is InChI=1S/C13H19BrN2O2S2/c1-2-15-8-10-3-4-13(12(14)7-10)20(17,18)16-11-5-6-19-9-11/h3-4,7,11,15-16H,2,5-6,8-9H2,1H3. The Balaban J connectivity index is 2.14. The molecular formula is C13H19BrN2O2S2. The van der Waals surface area contributed by atoms with Gasteiger partial charge in [-0.3, -0.25) is 0 Å². The summed E-state index contributed by atoms with van der Waals surface area (Å²) in [4.78, 5) is 0.314. The highest BCUT2D eigenvalue weighted by Crippen LogP contribution is 2.25. The van der Waals surface area contributed by atoms with Crippen LogP contribution in [0.4, 0.5) is 0 Å². The molecule has 20 heavy (non-hydrogen) atoms. The number of halogens is 1. The maximum absolute atomic E-state index is 12.4. The van der Waals surface area contributed by atoms with Crippen molar-refractivity contribution in [3.63, 3.8) is 0 Å². The predicted octanol–water partition coefficient (Wildman–Crippen LogP) is 2.34. The highest BCUT2D eigenvalue weighted by molar-refractivity contribution is 9.10. The van der Waals surface area contributed by atoms with Crippen LogP contribution in [0.25, 0.3) is 0 Å². The van der Waals surface area contributed by atoms with Crippen LogP contribution in [0.3, 0.4) is 0 Å². The number of benzene rings is 1. The van der Waals surface area contributed by atoms with Gasteiger partial charge < -0.3 is 5.32 Å². The zero-order chi connectivity index (χ0) is 14.6. The first kappa shape index (κ1) is 16.3. The van der Waals surface area contributed by atoms with Gasteiger partial charge in [0.1, 0.15) is 0 Å². The third-order valence-corrected chi connectivity index (χ3v) is 6.78.